The zero-order valence-corrected chi connectivity index (χ0v) is 15.8. The van der Waals surface area contributed by atoms with Crippen molar-refractivity contribution < 1.29 is 0 Å². The Morgan fingerprint density at radius 3 is 1.56 bits per heavy atom. The van der Waals surface area contributed by atoms with Crippen LogP contribution in [0.4, 0.5) is 0 Å². The summed E-state index contributed by atoms with van der Waals surface area (Å²) in [6, 6.07) is 20.0. The van der Waals surface area contributed by atoms with Crippen LogP contribution in [0.2, 0.25) is 0 Å². The summed E-state index contributed by atoms with van der Waals surface area (Å²) in [7, 11) is 0. The first-order valence-electron chi connectivity index (χ1n) is 7.57. The Bertz CT molecular complexity index is 837. The topological polar surface area (TPSA) is 25.8 Å². The number of thioether (sulfide) groups is 2. The molecule has 0 saturated carbocycles. The molecule has 0 N–H and O–H groups in total. The second kappa shape index (κ2) is 9.96. The average molecular weight is 379 g/mol. The number of rotatable bonds is 4. The Labute approximate surface area is 160 Å². The number of hydrogen-bond acceptors (Lipinski definition) is 5. The van der Waals surface area contributed by atoms with Gasteiger partial charge in [0.15, 0.2) is 8.68 Å². The third kappa shape index (κ3) is 6.32. The molecule has 5 heteroatoms. The minimum atomic E-state index is 0.710. The van der Waals surface area contributed by atoms with Crippen molar-refractivity contribution in [3.63, 3.8) is 0 Å². The molecule has 122 valence electrons. The summed E-state index contributed by atoms with van der Waals surface area (Å²) in [6.45, 7) is 0. The summed E-state index contributed by atoms with van der Waals surface area (Å²) in [5.41, 5.74) is 2.07. The predicted molar refractivity (Wildman–Crippen MR) is 108 cm³/mol. The van der Waals surface area contributed by atoms with Gasteiger partial charge in [0.25, 0.3) is 0 Å². The molecule has 0 saturated heterocycles. The van der Waals surface area contributed by atoms with E-state index in [1.165, 1.54) is 0 Å². The third-order valence-corrected chi connectivity index (χ3v) is 5.89. The highest BCUT2D eigenvalue weighted by Gasteiger charge is 2.03. The van der Waals surface area contributed by atoms with E-state index in [1.807, 2.05) is 60.7 Å². The molecule has 3 aromatic rings. The van der Waals surface area contributed by atoms with Crippen molar-refractivity contribution in [3.8, 4) is 23.7 Å². The van der Waals surface area contributed by atoms with E-state index in [4.69, 9.17) is 0 Å². The third-order valence-electron chi connectivity index (χ3n) is 2.94. The molecule has 1 aromatic heterocycles. The summed E-state index contributed by atoms with van der Waals surface area (Å²) in [4.78, 5) is 0. The van der Waals surface area contributed by atoms with Crippen molar-refractivity contribution in [1.82, 2.24) is 10.2 Å². The van der Waals surface area contributed by atoms with Gasteiger partial charge in [-0.1, -0.05) is 94.9 Å². The van der Waals surface area contributed by atoms with Gasteiger partial charge in [0.1, 0.15) is 0 Å². The minimum Gasteiger partial charge on any atom is -0.131 e. The second-order valence-corrected chi connectivity index (χ2v) is 8.17. The molecular weight excluding hydrogens is 364 g/mol. The van der Waals surface area contributed by atoms with Gasteiger partial charge in [-0.3, -0.25) is 0 Å². The van der Waals surface area contributed by atoms with Gasteiger partial charge < -0.3 is 0 Å². The number of benzene rings is 2. The molecule has 0 spiro atoms. The summed E-state index contributed by atoms with van der Waals surface area (Å²) >= 11 is 4.83. The highest BCUT2D eigenvalue weighted by atomic mass is 32.2. The fraction of sp³-hybridized carbons (Fsp3) is 0.100. The summed E-state index contributed by atoms with van der Waals surface area (Å²) < 4.78 is 1.89. The standard InChI is InChI=1S/C20H14N2S3/c1-3-9-17(10-4-1)13-7-15-23-19-21-22-20(25-19)24-16-8-14-18-11-5-2-6-12-18/h1-6,9-12H,15-16H2. The molecule has 0 radical (unpaired) electrons. The van der Waals surface area contributed by atoms with E-state index in [2.05, 4.69) is 33.9 Å². The maximum atomic E-state index is 4.19. The molecule has 0 unspecified atom stereocenters. The molecule has 0 bridgehead atoms. The van der Waals surface area contributed by atoms with Crippen molar-refractivity contribution in [3.05, 3.63) is 71.8 Å². The molecule has 2 nitrogen and oxygen atoms in total. The van der Waals surface area contributed by atoms with Crippen LogP contribution in [0.15, 0.2) is 69.3 Å². The fourth-order valence-electron chi connectivity index (χ4n) is 1.83. The predicted octanol–water partition coefficient (Wildman–Crippen LogP) is 4.83. The van der Waals surface area contributed by atoms with Crippen LogP contribution in [0, 0.1) is 23.7 Å². The first-order chi connectivity index (χ1) is 12.4. The zero-order valence-electron chi connectivity index (χ0n) is 13.3. The molecule has 0 aliphatic carbocycles. The van der Waals surface area contributed by atoms with Crippen molar-refractivity contribution in [2.24, 2.45) is 0 Å². The molecule has 0 aliphatic heterocycles. The first-order valence-corrected chi connectivity index (χ1v) is 10.4. The molecule has 3 rings (SSSR count). The number of aromatic nitrogens is 2. The molecule has 0 amide bonds. The van der Waals surface area contributed by atoms with Crippen molar-refractivity contribution in [1.29, 1.82) is 0 Å². The Morgan fingerprint density at radius 2 is 1.12 bits per heavy atom. The van der Waals surface area contributed by atoms with E-state index in [1.54, 1.807) is 34.9 Å². The van der Waals surface area contributed by atoms with Crippen molar-refractivity contribution in [2.45, 2.75) is 8.68 Å². The van der Waals surface area contributed by atoms with E-state index in [0.717, 1.165) is 19.8 Å². The van der Waals surface area contributed by atoms with Crippen molar-refractivity contribution >= 4 is 34.9 Å². The minimum absolute atomic E-state index is 0.710. The number of hydrogen-bond donors (Lipinski definition) is 0. The van der Waals surface area contributed by atoms with Gasteiger partial charge in [-0.15, -0.1) is 10.2 Å². The highest BCUT2D eigenvalue weighted by molar-refractivity contribution is 8.03. The normalized spacial score (nSPS) is 9.60. The van der Waals surface area contributed by atoms with E-state index in [-0.39, 0.29) is 0 Å². The lowest BCUT2D eigenvalue weighted by Crippen LogP contribution is -1.76. The smallest absolute Gasteiger partial charge is 0.131 e. The van der Waals surface area contributed by atoms with E-state index in [9.17, 15) is 0 Å². The Morgan fingerprint density at radius 1 is 0.680 bits per heavy atom. The van der Waals surface area contributed by atoms with Crippen LogP contribution < -0.4 is 0 Å². The summed E-state index contributed by atoms with van der Waals surface area (Å²) in [5.74, 6) is 14.0. The molecule has 0 fully saturated rings. The lowest BCUT2D eigenvalue weighted by atomic mass is 10.2. The van der Waals surface area contributed by atoms with Crippen LogP contribution in [-0.2, 0) is 0 Å². The molecular formula is C20H14N2S3. The molecule has 1 heterocycles. The molecule has 0 atom stereocenters. The van der Waals surface area contributed by atoms with Gasteiger partial charge in [0.05, 0.1) is 11.5 Å². The monoisotopic (exact) mass is 378 g/mol. The van der Waals surface area contributed by atoms with Crippen LogP contribution in [0.25, 0.3) is 0 Å². The van der Waals surface area contributed by atoms with Gasteiger partial charge in [-0.05, 0) is 24.3 Å². The zero-order chi connectivity index (χ0) is 17.2. The van der Waals surface area contributed by atoms with Crippen LogP contribution >= 0.6 is 34.9 Å². The Hall–Kier alpha value is -2.18. The van der Waals surface area contributed by atoms with Crippen LogP contribution in [0.3, 0.4) is 0 Å². The van der Waals surface area contributed by atoms with Crippen molar-refractivity contribution in [2.75, 3.05) is 11.5 Å². The molecule has 2 aromatic carbocycles. The van der Waals surface area contributed by atoms with E-state index in [0.29, 0.717) is 11.5 Å². The van der Waals surface area contributed by atoms with Gasteiger partial charge in [0.2, 0.25) is 0 Å². The first kappa shape index (κ1) is 17.6. The van der Waals surface area contributed by atoms with Crippen LogP contribution in [0.5, 0.6) is 0 Å². The van der Waals surface area contributed by atoms with Gasteiger partial charge in [-0.2, -0.15) is 0 Å². The van der Waals surface area contributed by atoms with E-state index < -0.39 is 0 Å². The summed E-state index contributed by atoms with van der Waals surface area (Å²) in [5, 5.41) is 8.38. The average Bonchev–Trinajstić information content (AvgIpc) is 3.12. The maximum absolute atomic E-state index is 4.19. The summed E-state index contributed by atoms with van der Waals surface area (Å²) in [6.07, 6.45) is 0. The highest BCUT2D eigenvalue weighted by Crippen LogP contribution is 2.28. The lowest BCUT2D eigenvalue weighted by Gasteiger charge is -1.89. The quantitative estimate of drug-likeness (QED) is 0.480. The molecule has 25 heavy (non-hydrogen) atoms. The molecule has 0 aliphatic rings. The van der Waals surface area contributed by atoms with Crippen LogP contribution in [0.1, 0.15) is 11.1 Å². The number of nitrogens with zero attached hydrogens (tertiary/aromatic N) is 2. The largest absolute Gasteiger partial charge is 0.176 e. The maximum Gasteiger partial charge on any atom is 0.176 e. The van der Waals surface area contributed by atoms with Crippen LogP contribution in [-0.4, -0.2) is 21.7 Å². The SMILES string of the molecule is C(#Cc1ccccc1)CSc1nnc(SCC#Cc2ccccc2)s1. The van der Waals surface area contributed by atoms with Gasteiger partial charge in [-0.25, -0.2) is 0 Å². The Balaban J connectivity index is 1.43. The fourth-order valence-corrected chi connectivity index (χ4v) is 4.33. The Kier molecular flexibility index (Phi) is 7.02. The lowest BCUT2D eigenvalue weighted by molar-refractivity contribution is 0.956. The second-order valence-electron chi connectivity index (χ2n) is 4.75. The van der Waals surface area contributed by atoms with Gasteiger partial charge >= 0.3 is 0 Å². The van der Waals surface area contributed by atoms with Gasteiger partial charge in [0, 0.05) is 11.1 Å². The van der Waals surface area contributed by atoms with E-state index >= 15 is 0 Å².